The van der Waals surface area contributed by atoms with Gasteiger partial charge in [0.25, 0.3) is 5.91 Å². The van der Waals surface area contributed by atoms with Crippen LogP contribution in [-0.4, -0.2) is 39.3 Å². The van der Waals surface area contributed by atoms with Crippen LogP contribution in [0.4, 0.5) is 0 Å². The summed E-state index contributed by atoms with van der Waals surface area (Å²) in [4.78, 5) is 22.0. The van der Waals surface area contributed by atoms with Gasteiger partial charge in [-0.15, -0.1) is 0 Å². The number of carboxylic acid groups (broad SMARTS) is 1. The third kappa shape index (κ3) is 3.38. The normalized spacial score (nSPS) is 12.2. The van der Waals surface area contributed by atoms with E-state index in [9.17, 15) is 9.59 Å². The van der Waals surface area contributed by atoms with Crippen LogP contribution in [-0.2, 0) is 11.8 Å². The number of carbonyl (C=O) groups is 2. The Morgan fingerprint density at radius 2 is 2.11 bits per heavy atom. The van der Waals surface area contributed by atoms with E-state index in [0.29, 0.717) is 0 Å². The largest absolute Gasteiger partial charge is 0.479 e. The Morgan fingerprint density at radius 3 is 2.56 bits per heavy atom. The standard InChI is InChI=1S/C10H12Cl2N2O4/c1-14-6(4-5(11)8(14)12)9(16)13-3-2-7(15)10(17)18/h4,7,15H,2-3H2,1H3,(H,13,16)(H,17,18)/t7-/m0/s1. The quantitative estimate of drug-likeness (QED) is 0.752. The van der Waals surface area contributed by atoms with Crippen LogP contribution >= 0.6 is 23.2 Å². The number of hydrogen-bond acceptors (Lipinski definition) is 3. The molecular formula is C10H12Cl2N2O4. The Bertz CT molecular complexity index is 473. The molecule has 0 saturated heterocycles. The average Bonchev–Trinajstić information content (AvgIpc) is 2.56. The predicted molar refractivity (Wildman–Crippen MR) is 66.0 cm³/mol. The van der Waals surface area contributed by atoms with Crippen molar-refractivity contribution in [2.24, 2.45) is 7.05 Å². The highest BCUT2D eigenvalue weighted by molar-refractivity contribution is 6.41. The van der Waals surface area contributed by atoms with Crippen molar-refractivity contribution in [3.05, 3.63) is 21.9 Å². The molecule has 0 bridgehead atoms. The lowest BCUT2D eigenvalue weighted by Crippen LogP contribution is -2.31. The minimum atomic E-state index is -1.49. The van der Waals surface area contributed by atoms with E-state index in [1.165, 1.54) is 10.6 Å². The second-order valence-corrected chi connectivity index (χ2v) is 4.39. The lowest BCUT2D eigenvalue weighted by molar-refractivity contribution is -0.146. The van der Waals surface area contributed by atoms with E-state index in [-0.39, 0.29) is 28.8 Å². The topological polar surface area (TPSA) is 91.6 Å². The molecule has 1 heterocycles. The highest BCUT2D eigenvalue weighted by Gasteiger charge is 2.17. The molecule has 0 unspecified atom stereocenters. The number of carboxylic acids is 1. The monoisotopic (exact) mass is 294 g/mol. The van der Waals surface area contributed by atoms with Gasteiger partial charge in [0.1, 0.15) is 10.8 Å². The molecule has 0 radical (unpaired) electrons. The number of hydrogen-bond donors (Lipinski definition) is 3. The molecule has 0 aliphatic rings. The Balaban J connectivity index is 2.56. The van der Waals surface area contributed by atoms with Gasteiger partial charge in [0, 0.05) is 20.0 Å². The third-order valence-electron chi connectivity index (χ3n) is 2.34. The van der Waals surface area contributed by atoms with Gasteiger partial charge in [0.2, 0.25) is 0 Å². The minimum absolute atomic E-state index is 0.0344. The number of rotatable bonds is 5. The van der Waals surface area contributed by atoms with Gasteiger partial charge in [-0.25, -0.2) is 4.79 Å². The van der Waals surface area contributed by atoms with E-state index < -0.39 is 18.0 Å². The summed E-state index contributed by atoms with van der Waals surface area (Å²) in [5, 5.41) is 20.4. The van der Waals surface area contributed by atoms with E-state index in [2.05, 4.69) is 5.32 Å². The summed E-state index contributed by atoms with van der Waals surface area (Å²) in [5.41, 5.74) is 0.259. The molecule has 18 heavy (non-hydrogen) atoms. The zero-order valence-electron chi connectivity index (χ0n) is 9.48. The van der Waals surface area contributed by atoms with Crippen LogP contribution in [0.3, 0.4) is 0 Å². The Morgan fingerprint density at radius 1 is 1.50 bits per heavy atom. The molecule has 0 aromatic carbocycles. The molecule has 1 atom stereocenters. The van der Waals surface area contributed by atoms with Gasteiger partial charge in [0.05, 0.1) is 5.02 Å². The maximum atomic E-state index is 11.7. The number of aliphatic hydroxyl groups excluding tert-OH is 1. The second kappa shape index (κ2) is 6.08. The van der Waals surface area contributed by atoms with E-state index in [0.717, 1.165) is 0 Å². The average molecular weight is 295 g/mol. The van der Waals surface area contributed by atoms with Crippen LogP contribution in [0.1, 0.15) is 16.9 Å². The maximum absolute atomic E-state index is 11.7. The minimum Gasteiger partial charge on any atom is -0.479 e. The van der Waals surface area contributed by atoms with Gasteiger partial charge in [-0.2, -0.15) is 0 Å². The van der Waals surface area contributed by atoms with Crippen LogP contribution in [0, 0.1) is 0 Å². The molecule has 8 heteroatoms. The molecule has 6 nitrogen and oxygen atoms in total. The van der Waals surface area contributed by atoms with Crippen molar-refractivity contribution >= 4 is 35.1 Å². The molecule has 0 fully saturated rings. The van der Waals surface area contributed by atoms with Gasteiger partial charge in [-0.3, -0.25) is 4.79 Å². The Kier molecular flexibility index (Phi) is 5.01. The van der Waals surface area contributed by atoms with Crippen LogP contribution < -0.4 is 5.32 Å². The first-order valence-corrected chi connectivity index (χ1v) is 5.80. The smallest absolute Gasteiger partial charge is 0.332 e. The summed E-state index contributed by atoms with van der Waals surface area (Å²) in [7, 11) is 1.58. The van der Waals surface area contributed by atoms with Crippen molar-refractivity contribution in [3.8, 4) is 0 Å². The fourth-order valence-electron chi connectivity index (χ4n) is 1.30. The molecule has 1 aromatic heterocycles. The summed E-state index contributed by atoms with van der Waals surface area (Å²) in [6.45, 7) is 0.0344. The molecule has 1 aromatic rings. The number of nitrogens with one attached hydrogen (secondary N) is 1. The second-order valence-electron chi connectivity index (χ2n) is 3.63. The van der Waals surface area contributed by atoms with Crippen molar-refractivity contribution < 1.29 is 19.8 Å². The number of carbonyl (C=O) groups excluding carboxylic acids is 1. The summed E-state index contributed by atoms with van der Waals surface area (Å²) in [5.74, 6) is -1.77. The van der Waals surface area contributed by atoms with Gasteiger partial charge in [0.15, 0.2) is 6.10 Å². The lowest BCUT2D eigenvalue weighted by atomic mass is 10.2. The van der Waals surface area contributed by atoms with Gasteiger partial charge < -0.3 is 20.1 Å². The molecular weight excluding hydrogens is 283 g/mol. The molecule has 100 valence electrons. The Hall–Kier alpha value is -1.24. The van der Waals surface area contributed by atoms with Crippen LogP contribution in [0.25, 0.3) is 0 Å². The number of aliphatic carboxylic acids is 1. The van der Waals surface area contributed by atoms with Crippen LogP contribution in [0.5, 0.6) is 0 Å². The first-order chi connectivity index (χ1) is 8.34. The molecule has 0 aliphatic heterocycles. The van der Waals surface area contributed by atoms with Crippen molar-refractivity contribution in [1.82, 2.24) is 9.88 Å². The SMILES string of the molecule is Cn1c(C(=O)NCC[C@H](O)C(=O)O)cc(Cl)c1Cl. The van der Waals surface area contributed by atoms with Gasteiger partial charge in [-0.1, -0.05) is 23.2 Å². The van der Waals surface area contributed by atoms with E-state index in [1.54, 1.807) is 7.05 Å². The van der Waals surface area contributed by atoms with Gasteiger partial charge in [-0.05, 0) is 6.07 Å². The Labute approximate surface area is 113 Å². The highest BCUT2D eigenvalue weighted by Crippen LogP contribution is 2.24. The third-order valence-corrected chi connectivity index (χ3v) is 3.18. The zero-order chi connectivity index (χ0) is 13.9. The fourth-order valence-corrected chi connectivity index (χ4v) is 1.67. The molecule has 0 aliphatic carbocycles. The summed E-state index contributed by atoms with van der Waals surface area (Å²) < 4.78 is 1.41. The zero-order valence-corrected chi connectivity index (χ0v) is 11.0. The number of aliphatic hydroxyl groups is 1. The van der Waals surface area contributed by atoms with Crippen LogP contribution in [0.15, 0.2) is 6.07 Å². The molecule has 0 spiro atoms. The fraction of sp³-hybridized carbons (Fsp3) is 0.400. The predicted octanol–water partition coefficient (Wildman–Crippen LogP) is 0.897. The lowest BCUT2D eigenvalue weighted by Gasteiger charge is -2.08. The molecule has 1 amide bonds. The van der Waals surface area contributed by atoms with Crippen molar-refractivity contribution in [1.29, 1.82) is 0 Å². The number of amides is 1. The number of nitrogens with zero attached hydrogens (tertiary/aromatic N) is 1. The van der Waals surface area contributed by atoms with Gasteiger partial charge >= 0.3 is 5.97 Å². The molecule has 3 N–H and O–H groups in total. The number of halogens is 2. The van der Waals surface area contributed by atoms with E-state index in [4.69, 9.17) is 33.4 Å². The molecule has 0 saturated carbocycles. The van der Waals surface area contributed by atoms with Crippen molar-refractivity contribution in [2.75, 3.05) is 6.54 Å². The summed E-state index contributed by atoms with van der Waals surface area (Å²) >= 11 is 11.6. The van der Waals surface area contributed by atoms with Crippen molar-refractivity contribution in [2.45, 2.75) is 12.5 Å². The van der Waals surface area contributed by atoms with E-state index in [1.807, 2.05) is 0 Å². The molecule has 1 rings (SSSR count). The summed E-state index contributed by atoms with van der Waals surface area (Å²) in [6, 6.07) is 1.41. The van der Waals surface area contributed by atoms with Crippen molar-refractivity contribution in [3.63, 3.8) is 0 Å². The highest BCUT2D eigenvalue weighted by atomic mass is 35.5. The maximum Gasteiger partial charge on any atom is 0.332 e. The first-order valence-electron chi connectivity index (χ1n) is 5.04. The van der Waals surface area contributed by atoms with Crippen LogP contribution in [0.2, 0.25) is 10.2 Å². The number of aromatic nitrogens is 1. The van der Waals surface area contributed by atoms with E-state index >= 15 is 0 Å². The summed E-state index contributed by atoms with van der Waals surface area (Å²) in [6.07, 6.45) is -1.57. The first kappa shape index (κ1) is 14.8.